The van der Waals surface area contributed by atoms with Gasteiger partial charge in [-0.25, -0.2) is 19.4 Å². The molecule has 9 fully saturated rings. The van der Waals surface area contributed by atoms with Crippen LogP contribution in [0.1, 0.15) is 70.8 Å². The van der Waals surface area contributed by atoms with Gasteiger partial charge < -0.3 is 148 Å². The minimum Gasteiger partial charge on any atom is -0.445 e. The van der Waals surface area contributed by atoms with Crippen molar-refractivity contribution in [2.45, 2.75) is 249 Å². The van der Waals surface area contributed by atoms with Crippen molar-refractivity contribution in [3.8, 4) is 0 Å². The van der Waals surface area contributed by atoms with Crippen molar-refractivity contribution in [3.63, 3.8) is 0 Å². The van der Waals surface area contributed by atoms with Crippen LogP contribution in [0, 0.1) is 5.92 Å². The Kier molecular flexibility index (Phi) is 24.8. The first-order valence-electron chi connectivity index (χ1n) is 32.4. The SMILES string of the molecule is CC1C[C@@H]2OC(O[C@H]3OC(CO)[C@@H](N)[C@H](O)C3O)C3C(OC(=O)N3C)C2O[C@@H]1O[C@H]1CC[C@H](NC(=O)OCc2ccccc2)CC1NC(=O)OCc1ccccc1.CNC1C(O[C@H]2OC(CO)[C@@H](N=C(N)N)[C@H](O)C2O)O[C@H]2CC(N)[C@@H](O[C@H]3CC[C@H](N)CC3N)OC2C1O.[3HH]. The predicted octanol–water partition coefficient (Wildman–Crippen LogP) is -4.11. The highest BCUT2D eigenvalue weighted by Gasteiger charge is 2.61. The van der Waals surface area contributed by atoms with Crippen molar-refractivity contribution >= 4 is 24.2 Å². The van der Waals surface area contributed by atoms with Crippen LogP contribution in [0.5, 0.6) is 0 Å². The van der Waals surface area contributed by atoms with Gasteiger partial charge in [-0.1, -0.05) is 67.6 Å². The molecular formula is C61H97N11O23. The zero-order valence-corrected chi connectivity index (χ0v) is 53.1. The number of hydrogen-bond donors (Lipinski definition) is 16. The van der Waals surface area contributed by atoms with E-state index in [0.717, 1.165) is 17.5 Å². The molecule has 34 nitrogen and oxygen atoms in total. The number of nitrogens with two attached hydrogens (primary N) is 6. The van der Waals surface area contributed by atoms with E-state index in [9.17, 15) is 50.1 Å². The van der Waals surface area contributed by atoms with E-state index in [2.05, 4.69) is 20.9 Å². The van der Waals surface area contributed by atoms with Crippen molar-refractivity contribution in [2.75, 3.05) is 27.3 Å². The van der Waals surface area contributed by atoms with Gasteiger partial charge >= 0.3 is 18.3 Å². The molecular weight excluding hydrogens is 1250 g/mol. The zero-order valence-electron chi connectivity index (χ0n) is 53.1. The predicted molar refractivity (Wildman–Crippen MR) is 330 cm³/mol. The Bertz CT molecular complexity index is 2820. The summed E-state index contributed by atoms with van der Waals surface area (Å²) >= 11 is 0. The maximum atomic E-state index is 13.1. The Hall–Kier alpha value is -5.36. The van der Waals surface area contributed by atoms with Crippen LogP contribution in [0.3, 0.4) is 0 Å². The van der Waals surface area contributed by atoms with E-state index in [0.29, 0.717) is 38.5 Å². The van der Waals surface area contributed by atoms with E-state index in [4.69, 9.17) is 96.0 Å². The number of aliphatic imine (C=N–C) groups is 1. The topological polar surface area (TPSA) is 521 Å². The molecule has 7 heterocycles. The van der Waals surface area contributed by atoms with Crippen LogP contribution in [0.2, 0.25) is 0 Å². The van der Waals surface area contributed by atoms with Gasteiger partial charge in [0.1, 0.15) is 80.2 Å². The largest absolute Gasteiger partial charge is 0.445 e. The summed E-state index contributed by atoms with van der Waals surface area (Å²) in [5.41, 5.74) is 37.0. The molecule has 534 valence electrons. The van der Waals surface area contributed by atoms with Gasteiger partial charge in [-0.15, -0.1) is 0 Å². The average molecular weight is 1350 g/mol. The maximum absolute atomic E-state index is 13.1. The number of amides is 3. The van der Waals surface area contributed by atoms with Crippen LogP contribution in [0.15, 0.2) is 65.7 Å². The van der Waals surface area contributed by atoms with Crippen molar-refractivity contribution in [1.82, 2.24) is 20.9 Å². The molecule has 9 aliphatic rings. The summed E-state index contributed by atoms with van der Waals surface area (Å²) in [6.07, 6.45) is -18.5. The number of aliphatic hydroxyl groups is 7. The van der Waals surface area contributed by atoms with E-state index in [-0.39, 0.29) is 57.2 Å². The smallest absolute Gasteiger partial charge is 0.410 e. The molecule has 34 heteroatoms. The van der Waals surface area contributed by atoms with Crippen LogP contribution in [0.25, 0.3) is 0 Å². The molecule has 2 saturated carbocycles. The fourth-order valence-electron chi connectivity index (χ4n) is 13.8. The normalized spacial score (nSPS) is 42.5. The number of ether oxygens (including phenoxy) is 13. The van der Waals surface area contributed by atoms with Gasteiger partial charge in [0.05, 0.1) is 61.8 Å². The second-order valence-corrected chi connectivity index (χ2v) is 25.8. The van der Waals surface area contributed by atoms with Gasteiger partial charge in [0.25, 0.3) is 0 Å². The van der Waals surface area contributed by atoms with Gasteiger partial charge in [0, 0.05) is 32.5 Å². The number of rotatable bonds is 18. The van der Waals surface area contributed by atoms with Crippen LogP contribution in [-0.2, 0) is 74.8 Å². The Labute approximate surface area is 550 Å². The third-order valence-corrected chi connectivity index (χ3v) is 19.1. The fourth-order valence-corrected chi connectivity index (χ4v) is 13.8. The summed E-state index contributed by atoms with van der Waals surface area (Å²) in [5, 5.41) is 81.9. The van der Waals surface area contributed by atoms with E-state index in [1.807, 2.05) is 67.6 Å². The van der Waals surface area contributed by atoms with Gasteiger partial charge in [-0.3, -0.25) is 4.90 Å². The van der Waals surface area contributed by atoms with E-state index in [1.54, 1.807) is 7.05 Å². The summed E-state index contributed by atoms with van der Waals surface area (Å²) in [5.74, 6) is -0.601. The number of aliphatic hydroxyl groups excluding tert-OH is 7. The number of carbonyl (C=O) groups is 3. The minimum atomic E-state index is -1.59. The molecule has 95 heavy (non-hydrogen) atoms. The number of nitrogens with one attached hydrogen (secondary N) is 3. The molecule has 2 aromatic rings. The van der Waals surface area contributed by atoms with Crippen LogP contribution in [-0.4, -0.2) is 270 Å². The summed E-state index contributed by atoms with van der Waals surface area (Å²) in [4.78, 5) is 44.0. The molecule has 16 unspecified atom stereocenters. The van der Waals surface area contributed by atoms with Gasteiger partial charge in [0.2, 0.25) is 0 Å². The van der Waals surface area contributed by atoms with Crippen molar-refractivity contribution in [3.05, 3.63) is 71.8 Å². The molecule has 22 N–H and O–H groups in total. The molecule has 7 aliphatic heterocycles. The van der Waals surface area contributed by atoms with E-state index < -0.39 is 185 Å². The molecule has 11 rings (SSSR count). The number of benzene rings is 2. The first-order chi connectivity index (χ1) is 45.5. The standard InChI is InChI=1S/C39H52N4O14.C22H43N7O9.H2/c1-20-15-26-32(33-29(43(2)39(49)56-33)35(53-26)57-36-31(46)30(45)28(40)27(17-44)54-36)55-34(20)52-25-14-13-23(41-37(47)50-18-21-9-5-3-6-10-21)16-24(25)42-38(48)51-19-22-11-7-4-8-12-22;1-28-14-16(32)18-11(5-9(25)19(37-18)34-10-3-2-7(23)4-8(10)24)35-20(14)38-21-17(33)15(31)13(29-22(26)27)12(6-30)36-21;/h3-12,20,23-36,44-46H,13-19,40H2,1-2H3,(H,41,47)(H,42,48);7-21,28,30-33H,2-6,23-25H2,1H3,(H4,26,27,29);1H/t20?,23-,24?,25-,26-,27?,28+,29?,30-,31?,32?,33?,34-,35?,36+;7-,8?,9?,10-,11-,12?,13+,14?,15-,16?,17?,18?,19-,20?,21+;/m00./s1/i;;1+2. The zero-order chi connectivity index (χ0) is 67.9. The first-order valence-corrected chi connectivity index (χ1v) is 32.4. The molecule has 0 aromatic heterocycles. The summed E-state index contributed by atoms with van der Waals surface area (Å²) < 4.78 is 78.0. The molecule has 0 spiro atoms. The molecule has 2 aromatic carbocycles. The average Bonchev–Trinajstić information content (AvgIpc) is 1.34. The highest BCUT2D eigenvalue weighted by Crippen LogP contribution is 2.43. The van der Waals surface area contributed by atoms with Crippen molar-refractivity contribution in [1.29, 1.82) is 0 Å². The lowest BCUT2D eigenvalue weighted by Crippen LogP contribution is -2.69. The number of nitrogens with zero attached hydrogens (tertiary/aromatic N) is 2. The van der Waals surface area contributed by atoms with Crippen molar-refractivity contribution in [2.24, 2.45) is 45.3 Å². The van der Waals surface area contributed by atoms with E-state index in [1.165, 1.54) is 11.9 Å². The molecule has 30 atom stereocenters. The summed E-state index contributed by atoms with van der Waals surface area (Å²) in [6, 6.07) is 13.1. The maximum Gasteiger partial charge on any atom is 0.410 e. The number of likely N-dealkylation sites (N-methyl/N-ethyl adjacent to an activating group) is 2. The van der Waals surface area contributed by atoms with E-state index >= 15 is 0 Å². The van der Waals surface area contributed by atoms with Crippen molar-refractivity contribution < 1.29 is 113 Å². The fraction of sp³-hybridized carbons (Fsp3) is 0.738. The summed E-state index contributed by atoms with van der Waals surface area (Å²) in [7, 11) is 3.11. The monoisotopic (exact) mass is 1350 g/mol. The lowest BCUT2D eigenvalue weighted by atomic mass is 9.86. The number of alkyl carbamates (subject to hydrolysis) is 2. The first kappa shape index (κ1) is 72.4. The third kappa shape index (κ3) is 17.2. The third-order valence-electron chi connectivity index (χ3n) is 19.1. The molecule has 0 radical (unpaired) electrons. The second-order valence-electron chi connectivity index (χ2n) is 25.8. The number of carbonyl (C=O) groups excluding carboxylic acids is 3. The van der Waals surface area contributed by atoms with Crippen LogP contribution in [0.4, 0.5) is 14.4 Å². The van der Waals surface area contributed by atoms with Gasteiger partial charge in [-0.2, -0.15) is 0 Å². The lowest BCUT2D eigenvalue weighted by molar-refractivity contribution is -0.373. The number of hydrogen-bond acceptors (Lipinski definition) is 29. The molecule has 2 aliphatic carbocycles. The quantitative estimate of drug-likeness (QED) is 0.0383. The second kappa shape index (κ2) is 32.5. The minimum absolute atomic E-state index is 0. The van der Waals surface area contributed by atoms with Gasteiger partial charge in [-0.05, 0) is 69.5 Å². The Morgan fingerprint density at radius 3 is 1.82 bits per heavy atom. The van der Waals surface area contributed by atoms with Gasteiger partial charge in [0.15, 0.2) is 49.8 Å². The summed E-state index contributed by atoms with van der Waals surface area (Å²) in [6.45, 7) is 1.02. The molecule has 0 bridgehead atoms. The van der Waals surface area contributed by atoms with Crippen LogP contribution >= 0.6 is 0 Å². The van der Waals surface area contributed by atoms with Crippen LogP contribution < -0.4 is 50.4 Å². The Balaban J connectivity index is 0.000000242. The Morgan fingerprint density at radius 1 is 0.611 bits per heavy atom. The Morgan fingerprint density at radius 2 is 1.19 bits per heavy atom. The number of guanidine groups is 1. The number of fused-ring (bicyclic) bond motifs is 4. The lowest BCUT2D eigenvalue weighted by Gasteiger charge is -2.51. The highest BCUT2D eigenvalue weighted by atomic mass is 16.8. The molecule has 3 amide bonds. The highest BCUT2D eigenvalue weighted by molar-refractivity contribution is 5.76. The molecule has 7 saturated heterocycles.